The third kappa shape index (κ3) is 16.1. The normalized spacial score (nSPS) is 14.0. The highest BCUT2D eigenvalue weighted by Crippen LogP contribution is 1.99. The SMILES string of the molecule is C/C=C/C=C/C(=O)OC(CN)COCCOCC(CN=O)OC(=O)/C=C/C=C/C. The number of nitroso groups, excluding NO2 is 1. The lowest BCUT2D eigenvalue weighted by Crippen LogP contribution is -2.31. The van der Waals surface area contributed by atoms with Gasteiger partial charge in [-0.25, -0.2) is 9.59 Å². The summed E-state index contributed by atoms with van der Waals surface area (Å²) in [5.74, 6) is -1.10. The van der Waals surface area contributed by atoms with Crippen LogP contribution in [0.5, 0.6) is 0 Å². The van der Waals surface area contributed by atoms with Gasteiger partial charge >= 0.3 is 11.9 Å². The number of hydrogen-bond acceptors (Lipinski definition) is 9. The number of esters is 2. The van der Waals surface area contributed by atoms with Gasteiger partial charge in [-0.15, -0.1) is 0 Å². The molecule has 2 N–H and O–H groups in total. The summed E-state index contributed by atoms with van der Waals surface area (Å²) < 4.78 is 20.9. The van der Waals surface area contributed by atoms with E-state index in [2.05, 4.69) is 5.18 Å². The molecule has 0 aliphatic rings. The zero-order valence-corrected chi connectivity index (χ0v) is 16.9. The Kier molecular flexibility index (Phi) is 17.0. The molecule has 0 spiro atoms. The van der Waals surface area contributed by atoms with E-state index in [1.54, 1.807) is 30.4 Å². The highest BCUT2D eigenvalue weighted by molar-refractivity contribution is 5.82. The second kappa shape index (κ2) is 18.7. The molecule has 0 fully saturated rings. The summed E-state index contributed by atoms with van der Waals surface area (Å²) in [6.07, 6.45) is 11.2. The van der Waals surface area contributed by atoms with Crippen LogP contribution in [0.25, 0.3) is 0 Å². The Balaban J connectivity index is 4.09. The van der Waals surface area contributed by atoms with Gasteiger partial charge in [0.1, 0.15) is 18.8 Å². The molecule has 9 heteroatoms. The molecule has 2 unspecified atom stereocenters. The number of carbonyl (C=O) groups excluding carboxylic acids is 2. The molecule has 0 radical (unpaired) electrons. The Labute approximate surface area is 171 Å². The van der Waals surface area contributed by atoms with Crippen molar-refractivity contribution >= 4 is 11.9 Å². The van der Waals surface area contributed by atoms with Crippen LogP contribution in [0.2, 0.25) is 0 Å². The largest absolute Gasteiger partial charge is 0.455 e. The summed E-state index contributed by atoms with van der Waals surface area (Å²) in [5.41, 5.74) is 5.56. The molecule has 9 nitrogen and oxygen atoms in total. The van der Waals surface area contributed by atoms with Crippen molar-refractivity contribution in [2.45, 2.75) is 26.1 Å². The molecule has 0 saturated carbocycles. The molecule has 2 atom stereocenters. The molecule has 0 aliphatic carbocycles. The first-order valence-corrected chi connectivity index (χ1v) is 9.21. The fourth-order valence-electron chi connectivity index (χ4n) is 1.80. The smallest absolute Gasteiger partial charge is 0.331 e. The quantitative estimate of drug-likeness (QED) is 0.134. The summed E-state index contributed by atoms with van der Waals surface area (Å²) in [7, 11) is 0. The molecule has 29 heavy (non-hydrogen) atoms. The molecule has 0 bridgehead atoms. The van der Waals surface area contributed by atoms with Crippen molar-refractivity contribution in [3.05, 3.63) is 53.5 Å². The number of nitrogens with two attached hydrogens (primary N) is 1. The fraction of sp³-hybridized carbons (Fsp3) is 0.500. The van der Waals surface area contributed by atoms with Gasteiger partial charge in [0.25, 0.3) is 0 Å². The van der Waals surface area contributed by atoms with Crippen LogP contribution in [0.15, 0.2) is 53.8 Å². The minimum absolute atomic E-state index is 0.00331. The zero-order chi connectivity index (χ0) is 21.7. The Morgan fingerprint density at radius 2 is 1.34 bits per heavy atom. The van der Waals surface area contributed by atoms with Gasteiger partial charge in [-0.05, 0) is 13.8 Å². The highest BCUT2D eigenvalue weighted by Gasteiger charge is 2.14. The maximum Gasteiger partial charge on any atom is 0.331 e. The number of allylic oxidation sites excluding steroid dienone is 6. The monoisotopic (exact) mass is 410 g/mol. The molecule has 0 rings (SSSR count). The minimum atomic E-state index is -0.781. The van der Waals surface area contributed by atoms with Crippen LogP contribution in [0, 0.1) is 4.91 Å². The van der Waals surface area contributed by atoms with Crippen LogP contribution in [-0.4, -0.2) is 63.7 Å². The topological polar surface area (TPSA) is 127 Å². The molecular formula is C20H30N2O7. The van der Waals surface area contributed by atoms with Crippen LogP contribution >= 0.6 is 0 Å². The summed E-state index contributed by atoms with van der Waals surface area (Å²) in [4.78, 5) is 33.6. The van der Waals surface area contributed by atoms with Crippen LogP contribution in [-0.2, 0) is 28.5 Å². The summed E-state index contributed by atoms with van der Waals surface area (Å²) in [6, 6.07) is 0. The van der Waals surface area contributed by atoms with E-state index < -0.39 is 24.1 Å². The second-order valence-electron chi connectivity index (χ2n) is 5.58. The van der Waals surface area contributed by atoms with Crippen molar-refractivity contribution < 1.29 is 28.5 Å². The van der Waals surface area contributed by atoms with Gasteiger partial charge < -0.3 is 24.7 Å². The first-order chi connectivity index (χ1) is 14.1. The third-order valence-electron chi connectivity index (χ3n) is 3.16. The first-order valence-electron chi connectivity index (χ1n) is 9.21. The maximum absolute atomic E-state index is 11.6. The van der Waals surface area contributed by atoms with E-state index in [0.717, 1.165) is 0 Å². The molecule has 0 aromatic heterocycles. The third-order valence-corrected chi connectivity index (χ3v) is 3.16. The standard InChI is InChI=1S/C20H30N2O7/c1-3-5-7-9-19(23)28-17(13-21)15-26-11-12-27-16-18(14-22-25)29-20(24)10-8-6-4-2/h3-10,17-18H,11-16,21H2,1-2H3/b5-3+,6-4+,9-7+,10-8+. The van der Waals surface area contributed by atoms with E-state index in [9.17, 15) is 14.5 Å². The molecule has 0 amide bonds. The molecule has 162 valence electrons. The molecular weight excluding hydrogens is 380 g/mol. The zero-order valence-electron chi connectivity index (χ0n) is 16.9. The Bertz CT molecular complexity index is 585. The Morgan fingerprint density at radius 3 is 1.79 bits per heavy atom. The summed E-state index contributed by atoms with van der Waals surface area (Å²) >= 11 is 0. The van der Waals surface area contributed by atoms with Crippen molar-refractivity contribution in [2.24, 2.45) is 10.9 Å². The number of ether oxygens (including phenoxy) is 4. The second-order valence-corrected chi connectivity index (χ2v) is 5.58. The van der Waals surface area contributed by atoms with E-state index in [4.69, 9.17) is 24.7 Å². The number of nitrogens with zero attached hydrogens (tertiary/aromatic N) is 1. The molecule has 0 saturated heterocycles. The summed E-state index contributed by atoms with van der Waals surface area (Å²) in [5, 5.41) is 2.74. The van der Waals surface area contributed by atoms with Gasteiger partial charge in [0.2, 0.25) is 0 Å². The van der Waals surface area contributed by atoms with Gasteiger partial charge in [0.15, 0.2) is 0 Å². The molecule has 0 heterocycles. The van der Waals surface area contributed by atoms with E-state index >= 15 is 0 Å². The highest BCUT2D eigenvalue weighted by atomic mass is 16.6. The molecule has 0 aliphatic heterocycles. The lowest BCUT2D eigenvalue weighted by atomic mass is 10.3. The average Bonchev–Trinajstić information content (AvgIpc) is 2.70. The Hall–Kier alpha value is -2.62. The number of hydrogen-bond donors (Lipinski definition) is 1. The van der Waals surface area contributed by atoms with Gasteiger partial charge in [-0.1, -0.05) is 41.6 Å². The van der Waals surface area contributed by atoms with E-state index in [0.29, 0.717) is 0 Å². The van der Waals surface area contributed by atoms with Crippen LogP contribution in [0.1, 0.15) is 13.8 Å². The van der Waals surface area contributed by atoms with Gasteiger partial charge in [0.05, 0.1) is 26.4 Å². The van der Waals surface area contributed by atoms with E-state index in [-0.39, 0.29) is 39.5 Å². The van der Waals surface area contributed by atoms with Gasteiger partial charge in [-0.2, -0.15) is 4.91 Å². The average molecular weight is 410 g/mol. The van der Waals surface area contributed by atoms with Crippen LogP contribution in [0.4, 0.5) is 0 Å². The minimum Gasteiger partial charge on any atom is -0.455 e. The predicted octanol–water partition coefficient (Wildman–Crippen LogP) is 1.83. The molecule has 0 aromatic carbocycles. The lowest BCUT2D eigenvalue weighted by molar-refractivity contribution is -0.148. The molecule has 0 aromatic rings. The van der Waals surface area contributed by atoms with Crippen molar-refractivity contribution in [3.63, 3.8) is 0 Å². The van der Waals surface area contributed by atoms with Crippen molar-refractivity contribution in [2.75, 3.05) is 39.5 Å². The maximum atomic E-state index is 11.6. The number of rotatable bonds is 16. The predicted molar refractivity (Wildman–Crippen MR) is 109 cm³/mol. The van der Waals surface area contributed by atoms with Gasteiger partial charge in [0, 0.05) is 18.7 Å². The van der Waals surface area contributed by atoms with Crippen molar-refractivity contribution in [1.82, 2.24) is 0 Å². The van der Waals surface area contributed by atoms with E-state index in [1.807, 2.05) is 13.8 Å². The van der Waals surface area contributed by atoms with Crippen molar-refractivity contribution in [1.29, 1.82) is 0 Å². The lowest BCUT2D eigenvalue weighted by Gasteiger charge is -2.16. The first kappa shape index (κ1) is 26.4. The van der Waals surface area contributed by atoms with Gasteiger partial charge in [-0.3, -0.25) is 0 Å². The van der Waals surface area contributed by atoms with Crippen molar-refractivity contribution in [3.8, 4) is 0 Å². The van der Waals surface area contributed by atoms with Crippen LogP contribution in [0.3, 0.4) is 0 Å². The van der Waals surface area contributed by atoms with Crippen LogP contribution < -0.4 is 5.73 Å². The van der Waals surface area contributed by atoms with E-state index in [1.165, 1.54) is 18.2 Å². The number of carbonyl (C=O) groups is 2. The summed E-state index contributed by atoms with van der Waals surface area (Å²) in [6.45, 7) is 4.07. The Morgan fingerprint density at radius 1 is 0.862 bits per heavy atom. The fourth-order valence-corrected chi connectivity index (χ4v) is 1.80.